The average Bonchev–Trinajstić information content (AvgIpc) is 1.88. The normalized spacial score (nSPS) is 9.45. The lowest BCUT2D eigenvalue weighted by Gasteiger charge is -2.00. The summed E-state index contributed by atoms with van der Waals surface area (Å²) in [5.41, 5.74) is 1.03. The molecule has 0 spiro atoms. The Balaban J connectivity index is 0.000001000. The minimum absolute atomic E-state index is 0. The van der Waals surface area contributed by atoms with E-state index >= 15 is 0 Å². The van der Waals surface area contributed by atoms with Crippen LogP contribution in [0.4, 0.5) is 0 Å². The van der Waals surface area contributed by atoms with Crippen molar-refractivity contribution in [3.8, 4) is 0 Å². The van der Waals surface area contributed by atoms with E-state index in [2.05, 4.69) is 40.0 Å². The molecule has 4 heteroatoms. The molecule has 0 aliphatic rings. The summed E-state index contributed by atoms with van der Waals surface area (Å²) in [5, 5.41) is 7.85. The van der Waals surface area contributed by atoms with Crippen molar-refractivity contribution in [2.75, 3.05) is 0 Å². The Labute approximate surface area is 85.3 Å². The Kier molecular flexibility index (Phi) is 4.84. The summed E-state index contributed by atoms with van der Waals surface area (Å²) < 4.78 is 0.789. The zero-order valence-corrected chi connectivity index (χ0v) is 9.71. The first-order valence-electron chi connectivity index (χ1n) is 3.19. The Bertz CT molecular complexity index is 208. The van der Waals surface area contributed by atoms with Gasteiger partial charge in [-0.15, -0.1) is 22.1 Å². The third-order valence-electron chi connectivity index (χ3n) is 1.24. The van der Waals surface area contributed by atoms with Crippen molar-refractivity contribution in [1.29, 1.82) is 0 Å². The second-order valence-corrected chi connectivity index (χ2v) is 3.25. The zero-order chi connectivity index (χ0) is 7.56. The minimum Gasteiger partial charge on any atom is -0.154 e. The van der Waals surface area contributed by atoms with Gasteiger partial charge in [-0.3, -0.25) is 0 Å². The van der Waals surface area contributed by atoms with E-state index in [0.717, 1.165) is 10.3 Å². The molecule has 1 aromatic rings. The van der Waals surface area contributed by atoms with Gasteiger partial charge in [-0.25, -0.2) is 0 Å². The lowest BCUT2D eigenvalue weighted by Crippen LogP contribution is -1.93. The van der Waals surface area contributed by atoms with Crippen molar-refractivity contribution in [2.24, 2.45) is 0 Å². The van der Waals surface area contributed by atoms with E-state index < -0.39 is 0 Å². The molecule has 1 aromatic heterocycles. The fourth-order valence-corrected chi connectivity index (χ4v) is 0.846. The van der Waals surface area contributed by atoms with Gasteiger partial charge < -0.3 is 0 Å². The Hall–Kier alpha value is 0.0400. The van der Waals surface area contributed by atoms with E-state index in [0.29, 0.717) is 5.92 Å². The summed E-state index contributed by atoms with van der Waals surface area (Å²) in [5.74, 6) is 0.459. The smallest absolute Gasteiger partial charge is 0.128 e. The van der Waals surface area contributed by atoms with Crippen molar-refractivity contribution < 1.29 is 0 Å². The van der Waals surface area contributed by atoms with E-state index in [9.17, 15) is 0 Å². The summed E-state index contributed by atoms with van der Waals surface area (Å²) in [6, 6.07) is 3.88. The number of nitrogens with zero attached hydrogens (tertiary/aromatic N) is 2. The van der Waals surface area contributed by atoms with Gasteiger partial charge >= 0.3 is 0 Å². The largest absolute Gasteiger partial charge is 0.154 e. The summed E-state index contributed by atoms with van der Waals surface area (Å²) >= 11 is 3.22. The third kappa shape index (κ3) is 3.29. The molecule has 0 aliphatic carbocycles. The second kappa shape index (κ2) is 4.83. The van der Waals surface area contributed by atoms with Gasteiger partial charge in [-0.05, 0) is 34.0 Å². The van der Waals surface area contributed by atoms with E-state index in [4.69, 9.17) is 0 Å². The maximum atomic E-state index is 3.98. The van der Waals surface area contributed by atoms with Crippen molar-refractivity contribution in [1.82, 2.24) is 10.2 Å². The second-order valence-electron chi connectivity index (χ2n) is 2.44. The predicted octanol–water partition coefficient (Wildman–Crippen LogP) is 2.94. The maximum absolute atomic E-state index is 3.98. The van der Waals surface area contributed by atoms with Crippen LogP contribution < -0.4 is 0 Å². The molecule has 0 saturated heterocycles. The fourth-order valence-electron chi connectivity index (χ4n) is 0.634. The molecule has 0 N–H and O–H groups in total. The summed E-state index contributed by atoms with van der Waals surface area (Å²) in [6.07, 6.45) is 0. The van der Waals surface area contributed by atoms with Gasteiger partial charge in [-0.1, -0.05) is 13.8 Å². The molecule has 11 heavy (non-hydrogen) atoms. The van der Waals surface area contributed by atoms with Crippen LogP contribution in [0.1, 0.15) is 25.5 Å². The van der Waals surface area contributed by atoms with Gasteiger partial charge in [0, 0.05) is 0 Å². The molecule has 0 fully saturated rings. The van der Waals surface area contributed by atoms with Gasteiger partial charge in [0.1, 0.15) is 4.60 Å². The van der Waals surface area contributed by atoms with Gasteiger partial charge in [0.2, 0.25) is 0 Å². The predicted molar refractivity (Wildman–Crippen MR) is 54.1 cm³/mol. The quantitative estimate of drug-likeness (QED) is 0.791. The summed E-state index contributed by atoms with van der Waals surface area (Å²) in [7, 11) is 0. The SMILES string of the molecule is Br.CC(C)c1ccc(Br)nn1. The van der Waals surface area contributed by atoms with Crippen LogP contribution in [0.15, 0.2) is 16.7 Å². The maximum Gasteiger partial charge on any atom is 0.128 e. The summed E-state index contributed by atoms with van der Waals surface area (Å²) in [4.78, 5) is 0. The van der Waals surface area contributed by atoms with Crippen molar-refractivity contribution in [2.45, 2.75) is 19.8 Å². The molecule has 62 valence electrons. The molecule has 0 aliphatic heterocycles. The van der Waals surface area contributed by atoms with Crippen LogP contribution >= 0.6 is 32.9 Å². The zero-order valence-electron chi connectivity index (χ0n) is 6.41. The lowest BCUT2D eigenvalue weighted by molar-refractivity contribution is 0.780. The molecular formula is C7H10Br2N2. The molecule has 0 radical (unpaired) electrons. The average molecular weight is 282 g/mol. The monoisotopic (exact) mass is 280 g/mol. The number of rotatable bonds is 1. The molecular weight excluding hydrogens is 272 g/mol. The highest BCUT2D eigenvalue weighted by Crippen LogP contribution is 2.11. The molecule has 0 unspecified atom stereocenters. The topological polar surface area (TPSA) is 25.8 Å². The Morgan fingerprint density at radius 3 is 2.27 bits per heavy atom. The Morgan fingerprint density at radius 1 is 1.27 bits per heavy atom. The molecule has 0 bridgehead atoms. The molecule has 1 heterocycles. The molecule has 2 nitrogen and oxygen atoms in total. The van der Waals surface area contributed by atoms with Crippen molar-refractivity contribution in [3.05, 3.63) is 22.4 Å². The molecule has 1 rings (SSSR count). The lowest BCUT2D eigenvalue weighted by atomic mass is 10.1. The standard InChI is InChI=1S/C7H9BrN2.BrH/c1-5(2)6-3-4-7(8)10-9-6;/h3-5H,1-2H3;1H. The van der Waals surface area contributed by atoms with Gasteiger partial charge in [0.15, 0.2) is 0 Å². The molecule has 0 saturated carbocycles. The summed E-state index contributed by atoms with van der Waals surface area (Å²) in [6.45, 7) is 4.19. The van der Waals surface area contributed by atoms with Gasteiger partial charge in [0.05, 0.1) is 5.69 Å². The van der Waals surface area contributed by atoms with Crippen LogP contribution in [-0.2, 0) is 0 Å². The first-order chi connectivity index (χ1) is 4.70. The van der Waals surface area contributed by atoms with Crippen LogP contribution in [-0.4, -0.2) is 10.2 Å². The highest BCUT2D eigenvalue weighted by atomic mass is 79.9. The van der Waals surface area contributed by atoms with Crippen molar-refractivity contribution in [3.63, 3.8) is 0 Å². The van der Waals surface area contributed by atoms with Crippen LogP contribution in [0.5, 0.6) is 0 Å². The van der Waals surface area contributed by atoms with Gasteiger partial charge in [-0.2, -0.15) is 5.10 Å². The van der Waals surface area contributed by atoms with Crippen LogP contribution in [0, 0.1) is 0 Å². The number of aromatic nitrogens is 2. The third-order valence-corrected chi connectivity index (χ3v) is 1.67. The first-order valence-corrected chi connectivity index (χ1v) is 3.98. The van der Waals surface area contributed by atoms with E-state index in [1.165, 1.54) is 0 Å². The number of hydrogen-bond donors (Lipinski definition) is 0. The molecule has 0 aromatic carbocycles. The van der Waals surface area contributed by atoms with Crippen LogP contribution in [0.3, 0.4) is 0 Å². The highest BCUT2D eigenvalue weighted by molar-refractivity contribution is 9.10. The highest BCUT2D eigenvalue weighted by Gasteiger charge is 1.99. The first kappa shape index (κ1) is 11.0. The van der Waals surface area contributed by atoms with Crippen LogP contribution in [0.25, 0.3) is 0 Å². The number of halogens is 2. The van der Waals surface area contributed by atoms with E-state index in [1.54, 1.807) is 0 Å². The fraction of sp³-hybridized carbons (Fsp3) is 0.429. The van der Waals surface area contributed by atoms with E-state index in [1.807, 2.05) is 12.1 Å². The van der Waals surface area contributed by atoms with Gasteiger partial charge in [0.25, 0.3) is 0 Å². The van der Waals surface area contributed by atoms with Crippen molar-refractivity contribution >= 4 is 32.9 Å². The Morgan fingerprint density at radius 2 is 1.91 bits per heavy atom. The molecule has 0 atom stereocenters. The number of hydrogen-bond acceptors (Lipinski definition) is 2. The van der Waals surface area contributed by atoms with E-state index in [-0.39, 0.29) is 17.0 Å². The van der Waals surface area contributed by atoms with Crippen LogP contribution in [0.2, 0.25) is 0 Å². The minimum atomic E-state index is 0. The molecule has 0 amide bonds.